The van der Waals surface area contributed by atoms with Gasteiger partial charge in [-0.05, 0) is 30.5 Å². The zero-order valence-corrected chi connectivity index (χ0v) is 18.3. The van der Waals surface area contributed by atoms with Crippen LogP contribution in [-0.4, -0.2) is 63.9 Å². The number of amides is 2. The van der Waals surface area contributed by atoms with E-state index in [0.29, 0.717) is 25.6 Å². The molecule has 1 aliphatic heterocycles. The molecule has 0 atom stereocenters. The quantitative estimate of drug-likeness (QED) is 0.776. The highest BCUT2D eigenvalue weighted by Crippen LogP contribution is 2.24. The third-order valence-electron chi connectivity index (χ3n) is 5.42. The highest BCUT2D eigenvalue weighted by molar-refractivity contribution is 5.92. The van der Waals surface area contributed by atoms with E-state index in [1.807, 2.05) is 34.1 Å². The minimum absolute atomic E-state index is 0.0356. The number of carbonyl (C=O) groups is 2. The molecule has 7 heteroatoms. The fourth-order valence-electron chi connectivity index (χ4n) is 4.01. The lowest BCUT2D eigenvalue weighted by Crippen LogP contribution is -2.41. The number of nitrogens with zero attached hydrogens (tertiary/aromatic N) is 5. The summed E-state index contributed by atoms with van der Waals surface area (Å²) in [5.74, 6) is 0.639. The number of carbonyl (C=O) groups excluding carboxylic acids is 2. The third-order valence-corrected chi connectivity index (χ3v) is 5.42. The van der Waals surface area contributed by atoms with Crippen molar-refractivity contribution < 1.29 is 9.59 Å². The Balaban J connectivity index is 1.89. The predicted molar refractivity (Wildman–Crippen MR) is 118 cm³/mol. The lowest BCUT2D eigenvalue weighted by Gasteiger charge is -2.29. The summed E-state index contributed by atoms with van der Waals surface area (Å²) in [7, 11) is 0. The van der Waals surface area contributed by atoms with E-state index in [1.165, 1.54) is 0 Å². The molecule has 1 aliphatic rings. The summed E-state index contributed by atoms with van der Waals surface area (Å²) < 4.78 is 1.80. The maximum Gasteiger partial charge on any atom is 0.242 e. The van der Waals surface area contributed by atoms with Crippen LogP contribution < -0.4 is 4.90 Å². The molecule has 0 saturated heterocycles. The summed E-state index contributed by atoms with van der Waals surface area (Å²) in [5.41, 5.74) is 1.91. The fourth-order valence-corrected chi connectivity index (χ4v) is 4.01. The number of imidazole rings is 1. The summed E-state index contributed by atoms with van der Waals surface area (Å²) in [5, 5.41) is 0. The van der Waals surface area contributed by atoms with Gasteiger partial charge in [0.1, 0.15) is 6.54 Å². The molecule has 0 fully saturated rings. The maximum atomic E-state index is 13.1. The van der Waals surface area contributed by atoms with Crippen molar-refractivity contribution in [3.63, 3.8) is 0 Å². The lowest BCUT2D eigenvalue weighted by atomic mass is 10.1. The SMILES string of the molecule is CC(=O)N1CCCN(CC(C)C)CCN(C(=O)Cn2ccnc2)Cc2ccccc21. The van der Waals surface area contributed by atoms with Crippen molar-refractivity contribution in [3.05, 3.63) is 48.5 Å². The van der Waals surface area contributed by atoms with Gasteiger partial charge in [-0.2, -0.15) is 0 Å². The molecule has 0 saturated carbocycles. The molecule has 2 heterocycles. The number of fused-ring (bicyclic) bond motifs is 1. The van der Waals surface area contributed by atoms with Gasteiger partial charge >= 0.3 is 0 Å². The Morgan fingerprint density at radius 1 is 1.10 bits per heavy atom. The Morgan fingerprint density at radius 3 is 2.60 bits per heavy atom. The summed E-state index contributed by atoms with van der Waals surface area (Å²) in [6.45, 7) is 10.9. The van der Waals surface area contributed by atoms with Crippen molar-refractivity contribution in [2.75, 3.05) is 37.6 Å². The van der Waals surface area contributed by atoms with Crippen LogP contribution in [0.5, 0.6) is 0 Å². The van der Waals surface area contributed by atoms with Gasteiger partial charge in [0.2, 0.25) is 11.8 Å². The van der Waals surface area contributed by atoms with E-state index in [2.05, 4.69) is 23.7 Å². The van der Waals surface area contributed by atoms with Crippen LogP contribution in [0.4, 0.5) is 5.69 Å². The number of hydrogen-bond donors (Lipinski definition) is 0. The Morgan fingerprint density at radius 2 is 1.90 bits per heavy atom. The molecule has 0 radical (unpaired) electrons. The average molecular weight is 412 g/mol. The van der Waals surface area contributed by atoms with E-state index in [4.69, 9.17) is 0 Å². The normalized spacial score (nSPS) is 16.3. The van der Waals surface area contributed by atoms with Gasteiger partial charge < -0.3 is 19.3 Å². The van der Waals surface area contributed by atoms with Crippen LogP contribution in [-0.2, 0) is 22.7 Å². The molecular formula is C23H33N5O2. The first-order valence-electron chi connectivity index (χ1n) is 10.8. The third kappa shape index (κ3) is 5.92. The van der Waals surface area contributed by atoms with E-state index in [1.54, 1.807) is 30.2 Å². The van der Waals surface area contributed by atoms with Crippen molar-refractivity contribution in [1.82, 2.24) is 19.4 Å². The Labute approximate surface area is 179 Å². The van der Waals surface area contributed by atoms with Crippen LogP contribution in [0, 0.1) is 5.92 Å². The molecule has 2 amide bonds. The molecule has 7 nitrogen and oxygen atoms in total. The molecule has 0 spiro atoms. The smallest absolute Gasteiger partial charge is 0.242 e. The van der Waals surface area contributed by atoms with Crippen LogP contribution in [0.25, 0.3) is 0 Å². The van der Waals surface area contributed by atoms with Crippen molar-refractivity contribution in [3.8, 4) is 0 Å². The lowest BCUT2D eigenvalue weighted by molar-refractivity contribution is -0.132. The maximum absolute atomic E-state index is 13.1. The molecule has 2 aromatic rings. The van der Waals surface area contributed by atoms with E-state index < -0.39 is 0 Å². The van der Waals surface area contributed by atoms with Crippen LogP contribution in [0.15, 0.2) is 43.0 Å². The van der Waals surface area contributed by atoms with E-state index in [9.17, 15) is 9.59 Å². The van der Waals surface area contributed by atoms with Gasteiger partial charge in [-0.1, -0.05) is 32.0 Å². The molecule has 0 N–H and O–H groups in total. The van der Waals surface area contributed by atoms with Crippen LogP contribution >= 0.6 is 0 Å². The standard InChI is InChI=1S/C23H33N5O2/c1-19(2)15-25-10-6-11-28(20(3)29)22-8-5-4-7-21(22)16-27(14-13-25)23(30)17-26-12-9-24-18-26/h4-5,7-9,12,18-19H,6,10-11,13-17H2,1-3H3. The second-order valence-corrected chi connectivity index (χ2v) is 8.40. The Kier molecular flexibility index (Phi) is 7.63. The summed E-state index contributed by atoms with van der Waals surface area (Å²) >= 11 is 0. The van der Waals surface area contributed by atoms with E-state index >= 15 is 0 Å². The van der Waals surface area contributed by atoms with Gasteiger partial charge in [0.15, 0.2) is 0 Å². The van der Waals surface area contributed by atoms with Gasteiger partial charge in [-0.15, -0.1) is 0 Å². The Bertz CT molecular complexity index is 834. The summed E-state index contributed by atoms with van der Waals surface area (Å²) in [4.78, 5) is 35.8. The number of hydrogen-bond acceptors (Lipinski definition) is 4. The first kappa shape index (κ1) is 22.0. The molecule has 3 rings (SSSR count). The summed E-state index contributed by atoms with van der Waals surface area (Å²) in [6.07, 6.45) is 6.07. The molecule has 0 aliphatic carbocycles. The van der Waals surface area contributed by atoms with Gasteiger partial charge in [0.25, 0.3) is 0 Å². The Hall–Kier alpha value is -2.67. The van der Waals surface area contributed by atoms with Crippen molar-refractivity contribution in [1.29, 1.82) is 0 Å². The van der Waals surface area contributed by atoms with Crippen molar-refractivity contribution in [2.24, 2.45) is 5.92 Å². The minimum Gasteiger partial charge on any atom is -0.335 e. The van der Waals surface area contributed by atoms with Gasteiger partial charge in [-0.25, -0.2) is 4.98 Å². The molecule has 30 heavy (non-hydrogen) atoms. The highest BCUT2D eigenvalue weighted by atomic mass is 16.2. The molecule has 1 aromatic carbocycles. The minimum atomic E-state index is 0.0356. The summed E-state index contributed by atoms with van der Waals surface area (Å²) in [6, 6.07) is 7.93. The van der Waals surface area contributed by atoms with Gasteiger partial charge in [-0.3, -0.25) is 9.59 Å². The van der Waals surface area contributed by atoms with Gasteiger partial charge in [0.05, 0.1) is 6.33 Å². The molecular weight excluding hydrogens is 378 g/mol. The molecule has 1 aromatic heterocycles. The zero-order valence-electron chi connectivity index (χ0n) is 18.3. The molecule has 0 unspecified atom stereocenters. The van der Waals surface area contributed by atoms with Crippen LogP contribution in [0.3, 0.4) is 0 Å². The number of para-hydroxylation sites is 1. The number of rotatable bonds is 4. The number of anilines is 1. The number of aromatic nitrogens is 2. The van der Waals surface area contributed by atoms with Gasteiger partial charge in [0, 0.05) is 57.7 Å². The average Bonchev–Trinajstić information content (AvgIpc) is 3.19. The monoisotopic (exact) mass is 411 g/mol. The highest BCUT2D eigenvalue weighted by Gasteiger charge is 2.22. The van der Waals surface area contributed by atoms with E-state index in [0.717, 1.165) is 37.3 Å². The predicted octanol–water partition coefficient (Wildman–Crippen LogP) is 2.63. The second-order valence-electron chi connectivity index (χ2n) is 8.40. The van der Waals surface area contributed by atoms with Crippen LogP contribution in [0.1, 0.15) is 32.8 Å². The molecule has 162 valence electrons. The second kappa shape index (κ2) is 10.4. The fraction of sp³-hybridized carbons (Fsp3) is 0.522. The first-order valence-corrected chi connectivity index (χ1v) is 10.8. The van der Waals surface area contributed by atoms with Crippen LogP contribution in [0.2, 0.25) is 0 Å². The first-order chi connectivity index (χ1) is 14.4. The number of benzene rings is 1. The topological polar surface area (TPSA) is 61.7 Å². The molecule has 0 bridgehead atoms. The van der Waals surface area contributed by atoms with Crippen molar-refractivity contribution >= 4 is 17.5 Å². The largest absolute Gasteiger partial charge is 0.335 e. The van der Waals surface area contributed by atoms with Crippen molar-refractivity contribution in [2.45, 2.75) is 40.3 Å². The van der Waals surface area contributed by atoms with E-state index in [-0.39, 0.29) is 18.4 Å². The zero-order chi connectivity index (χ0) is 21.5.